The molecule has 0 saturated heterocycles. The number of hydrogen-bond acceptors (Lipinski definition) is 6. The molecule has 150 valence electrons. The Balaban J connectivity index is 1.61. The van der Waals surface area contributed by atoms with E-state index in [1.54, 1.807) is 29.8 Å². The average Bonchev–Trinajstić information content (AvgIpc) is 3.44. The molecule has 0 spiro atoms. The second-order valence-corrected chi connectivity index (χ2v) is 8.42. The quantitative estimate of drug-likeness (QED) is 0.483. The first-order valence-corrected chi connectivity index (χ1v) is 10.2. The molecule has 5 rings (SSSR count). The number of hydrogen-bond donors (Lipinski definition) is 1. The first kappa shape index (κ1) is 18.4. The summed E-state index contributed by atoms with van der Waals surface area (Å²) in [6.45, 7) is 3.98. The number of aromatic nitrogens is 6. The molecular weight excluding hydrogens is 398 g/mol. The Hall–Kier alpha value is -3.59. The lowest BCUT2D eigenvalue weighted by Crippen LogP contribution is -2.21. The van der Waals surface area contributed by atoms with Crippen molar-refractivity contribution in [2.75, 3.05) is 14.1 Å². The van der Waals surface area contributed by atoms with Crippen LogP contribution in [0.25, 0.3) is 38.6 Å². The standard InChI is InChI=1S/C21H19N7OS/c1-11-5-7-13(8-6-11)14-9-15(25-24-14)18-23-19-16-12(2)17(21(29)27(3)4)30-20(16)22-10-28(19)26-18/h5-10H,1-4H3,(H,24,25). The first-order valence-electron chi connectivity index (χ1n) is 9.41. The Labute approximate surface area is 176 Å². The highest BCUT2D eigenvalue weighted by Gasteiger charge is 2.21. The van der Waals surface area contributed by atoms with Gasteiger partial charge in [-0.15, -0.1) is 16.4 Å². The summed E-state index contributed by atoms with van der Waals surface area (Å²) in [6.07, 6.45) is 1.63. The second kappa shape index (κ2) is 6.74. The molecule has 4 heterocycles. The van der Waals surface area contributed by atoms with E-state index in [4.69, 9.17) is 4.98 Å². The van der Waals surface area contributed by atoms with Crippen molar-refractivity contribution < 1.29 is 4.79 Å². The van der Waals surface area contributed by atoms with Gasteiger partial charge in [0.05, 0.1) is 16.0 Å². The van der Waals surface area contributed by atoms with Crippen LogP contribution in [0, 0.1) is 13.8 Å². The lowest BCUT2D eigenvalue weighted by Gasteiger charge is -2.08. The van der Waals surface area contributed by atoms with Crippen molar-refractivity contribution in [3.63, 3.8) is 0 Å². The molecular formula is C21H19N7OS. The summed E-state index contributed by atoms with van der Waals surface area (Å²) < 4.78 is 1.65. The van der Waals surface area contributed by atoms with Gasteiger partial charge in [0.1, 0.15) is 16.9 Å². The third kappa shape index (κ3) is 2.86. The minimum Gasteiger partial charge on any atom is -0.344 e. The molecule has 4 aromatic heterocycles. The number of amides is 1. The fraction of sp³-hybridized carbons (Fsp3) is 0.190. The van der Waals surface area contributed by atoms with Gasteiger partial charge in [0, 0.05) is 19.7 Å². The van der Waals surface area contributed by atoms with Gasteiger partial charge in [0.25, 0.3) is 5.91 Å². The minimum atomic E-state index is -0.0373. The van der Waals surface area contributed by atoms with Crippen LogP contribution in [0.2, 0.25) is 0 Å². The monoisotopic (exact) mass is 417 g/mol. The van der Waals surface area contributed by atoms with E-state index >= 15 is 0 Å². The summed E-state index contributed by atoms with van der Waals surface area (Å²) in [7, 11) is 3.49. The summed E-state index contributed by atoms with van der Waals surface area (Å²) in [5.41, 5.74) is 5.32. The molecule has 0 atom stereocenters. The van der Waals surface area contributed by atoms with Crippen LogP contribution < -0.4 is 0 Å². The predicted molar refractivity (Wildman–Crippen MR) is 117 cm³/mol. The molecule has 0 bridgehead atoms. The highest BCUT2D eigenvalue weighted by molar-refractivity contribution is 7.20. The first-order chi connectivity index (χ1) is 14.4. The summed E-state index contributed by atoms with van der Waals surface area (Å²) >= 11 is 1.38. The van der Waals surface area contributed by atoms with Gasteiger partial charge in [0.2, 0.25) is 0 Å². The van der Waals surface area contributed by atoms with E-state index in [-0.39, 0.29) is 5.91 Å². The van der Waals surface area contributed by atoms with Crippen molar-refractivity contribution in [1.82, 2.24) is 34.7 Å². The predicted octanol–water partition coefficient (Wildman–Crippen LogP) is 3.71. The van der Waals surface area contributed by atoms with Crippen LogP contribution in [0.5, 0.6) is 0 Å². The van der Waals surface area contributed by atoms with Gasteiger partial charge >= 0.3 is 0 Å². The number of H-pyrrole nitrogens is 1. The topological polar surface area (TPSA) is 92.1 Å². The van der Waals surface area contributed by atoms with Crippen LogP contribution >= 0.6 is 11.3 Å². The maximum absolute atomic E-state index is 12.5. The number of thiophene rings is 1. The molecule has 0 radical (unpaired) electrons. The third-order valence-electron chi connectivity index (χ3n) is 5.03. The molecule has 5 aromatic rings. The van der Waals surface area contributed by atoms with Crippen molar-refractivity contribution in [2.24, 2.45) is 0 Å². The largest absolute Gasteiger partial charge is 0.344 e. The Morgan fingerprint density at radius 1 is 1.17 bits per heavy atom. The number of carbonyl (C=O) groups excluding carboxylic acids is 1. The zero-order chi connectivity index (χ0) is 21.0. The van der Waals surface area contributed by atoms with E-state index < -0.39 is 0 Å². The maximum Gasteiger partial charge on any atom is 0.263 e. The van der Waals surface area contributed by atoms with Gasteiger partial charge in [-0.3, -0.25) is 9.89 Å². The summed E-state index contributed by atoms with van der Waals surface area (Å²) in [5, 5.41) is 12.9. The molecule has 1 N–H and O–H groups in total. The molecule has 0 aliphatic carbocycles. The molecule has 8 nitrogen and oxygen atoms in total. The van der Waals surface area contributed by atoms with Crippen molar-refractivity contribution in [1.29, 1.82) is 0 Å². The van der Waals surface area contributed by atoms with Crippen LogP contribution in [0.3, 0.4) is 0 Å². The third-order valence-corrected chi connectivity index (χ3v) is 6.22. The normalized spacial score (nSPS) is 11.5. The number of rotatable bonds is 3. The molecule has 1 aromatic carbocycles. The number of aryl methyl sites for hydroxylation is 2. The van der Waals surface area contributed by atoms with E-state index in [9.17, 15) is 4.79 Å². The molecule has 0 fully saturated rings. The van der Waals surface area contributed by atoms with E-state index in [0.717, 1.165) is 32.7 Å². The number of carbonyl (C=O) groups is 1. The van der Waals surface area contributed by atoms with Crippen molar-refractivity contribution in [3.05, 3.63) is 52.7 Å². The lowest BCUT2D eigenvalue weighted by molar-refractivity contribution is 0.0831. The molecule has 9 heteroatoms. The number of benzene rings is 1. The van der Waals surface area contributed by atoms with Gasteiger partial charge in [0.15, 0.2) is 11.5 Å². The summed E-state index contributed by atoms with van der Waals surface area (Å²) in [4.78, 5) is 24.7. The Kier molecular flexibility index (Phi) is 4.14. The average molecular weight is 417 g/mol. The van der Waals surface area contributed by atoms with Crippen LogP contribution in [0.4, 0.5) is 0 Å². The van der Waals surface area contributed by atoms with Crippen LogP contribution in [0.1, 0.15) is 20.8 Å². The molecule has 0 aliphatic rings. The van der Waals surface area contributed by atoms with Gasteiger partial charge in [-0.1, -0.05) is 29.8 Å². The van der Waals surface area contributed by atoms with E-state index in [2.05, 4.69) is 39.3 Å². The highest BCUT2D eigenvalue weighted by Crippen LogP contribution is 2.33. The van der Waals surface area contributed by atoms with E-state index in [1.165, 1.54) is 16.9 Å². The Morgan fingerprint density at radius 2 is 1.93 bits per heavy atom. The fourth-order valence-electron chi connectivity index (χ4n) is 3.36. The Morgan fingerprint density at radius 3 is 2.67 bits per heavy atom. The molecule has 0 unspecified atom stereocenters. The second-order valence-electron chi connectivity index (χ2n) is 7.42. The van der Waals surface area contributed by atoms with Crippen LogP contribution in [-0.4, -0.2) is 54.7 Å². The molecule has 1 amide bonds. The fourth-order valence-corrected chi connectivity index (χ4v) is 4.53. The van der Waals surface area contributed by atoms with Gasteiger partial charge in [-0.25, -0.2) is 14.5 Å². The van der Waals surface area contributed by atoms with Crippen LogP contribution in [-0.2, 0) is 0 Å². The zero-order valence-electron chi connectivity index (χ0n) is 17.0. The van der Waals surface area contributed by atoms with E-state index in [1.807, 2.05) is 25.1 Å². The lowest BCUT2D eigenvalue weighted by atomic mass is 10.1. The number of nitrogens with one attached hydrogen (secondary N) is 1. The number of nitrogens with zero attached hydrogens (tertiary/aromatic N) is 6. The smallest absolute Gasteiger partial charge is 0.263 e. The van der Waals surface area contributed by atoms with Crippen molar-refractivity contribution in [3.8, 4) is 22.8 Å². The summed E-state index contributed by atoms with van der Waals surface area (Å²) in [6, 6.07) is 10.1. The Bertz CT molecular complexity index is 1410. The SMILES string of the molecule is Cc1ccc(-c2cc(-c3nc4c5c(C)c(C(=O)N(C)C)sc5ncn4n3)[nH]n2)cc1. The molecule has 0 aliphatic heterocycles. The number of fused-ring (bicyclic) bond motifs is 3. The summed E-state index contributed by atoms with van der Waals surface area (Å²) in [5.74, 6) is 0.492. The highest BCUT2D eigenvalue weighted by atomic mass is 32.1. The van der Waals surface area contributed by atoms with Crippen molar-refractivity contribution in [2.45, 2.75) is 13.8 Å². The minimum absolute atomic E-state index is 0.0373. The van der Waals surface area contributed by atoms with E-state index in [0.29, 0.717) is 16.3 Å². The van der Waals surface area contributed by atoms with Gasteiger partial charge < -0.3 is 4.90 Å². The van der Waals surface area contributed by atoms with Gasteiger partial charge in [-0.2, -0.15) is 5.10 Å². The maximum atomic E-state index is 12.5. The van der Waals surface area contributed by atoms with Crippen molar-refractivity contribution >= 4 is 33.1 Å². The van der Waals surface area contributed by atoms with Crippen LogP contribution in [0.15, 0.2) is 36.7 Å². The number of aromatic amines is 1. The molecule has 0 saturated carbocycles. The molecule has 30 heavy (non-hydrogen) atoms. The van der Waals surface area contributed by atoms with Gasteiger partial charge in [-0.05, 0) is 25.5 Å². The zero-order valence-corrected chi connectivity index (χ0v) is 17.8.